The van der Waals surface area contributed by atoms with Crippen LogP contribution in [0.5, 0.6) is 5.88 Å². The average molecular weight is 460 g/mol. The number of hydrogen-bond donors (Lipinski definition) is 2. The summed E-state index contributed by atoms with van der Waals surface area (Å²) in [7, 11) is 0. The van der Waals surface area contributed by atoms with Crippen molar-refractivity contribution in [2.24, 2.45) is 10.9 Å². The molecule has 0 bridgehead atoms. The number of nitrogens with zero attached hydrogens (tertiary/aromatic N) is 2. The van der Waals surface area contributed by atoms with Crippen LogP contribution in [-0.4, -0.2) is 36.8 Å². The summed E-state index contributed by atoms with van der Waals surface area (Å²) < 4.78 is 41.5. The Morgan fingerprint density at radius 1 is 1.33 bits per heavy atom. The third kappa shape index (κ3) is 9.78. The van der Waals surface area contributed by atoms with Crippen molar-refractivity contribution in [2.75, 3.05) is 19.7 Å². The maximum Gasteiger partial charge on any atom is 0.422 e. The Morgan fingerprint density at radius 2 is 2.04 bits per heavy atom. The molecule has 138 valence electrons. The lowest BCUT2D eigenvalue weighted by Gasteiger charge is -2.14. The number of ether oxygens (including phenoxy) is 1. The van der Waals surface area contributed by atoms with Crippen LogP contribution in [0, 0.1) is 5.92 Å². The van der Waals surface area contributed by atoms with Gasteiger partial charge in [-0.25, -0.2) is 9.98 Å². The van der Waals surface area contributed by atoms with E-state index >= 15 is 0 Å². The molecule has 0 aliphatic heterocycles. The summed E-state index contributed by atoms with van der Waals surface area (Å²) in [6.45, 7) is 6.32. The molecule has 9 heteroatoms. The molecule has 2 N–H and O–H groups in total. The zero-order valence-corrected chi connectivity index (χ0v) is 16.3. The van der Waals surface area contributed by atoms with Crippen LogP contribution in [0.4, 0.5) is 13.2 Å². The minimum Gasteiger partial charge on any atom is -0.468 e. The topological polar surface area (TPSA) is 58.5 Å². The highest BCUT2D eigenvalue weighted by Crippen LogP contribution is 2.20. The molecule has 0 radical (unpaired) electrons. The quantitative estimate of drug-likeness (QED) is 0.373. The number of aliphatic imine (C=N–C) groups is 1. The molecule has 1 heterocycles. The summed E-state index contributed by atoms with van der Waals surface area (Å²) in [6.07, 6.45) is -3.01. The van der Waals surface area contributed by atoms with Crippen molar-refractivity contribution in [2.45, 2.75) is 33.5 Å². The first-order valence-corrected chi connectivity index (χ1v) is 7.47. The molecule has 0 spiro atoms. The van der Waals surface area contributed by atoms with Crippen molar-refractivity contribution in [3.05, 3.63) is 23.9 Å². The predicted octanol–water partition coefficient (Wildman–Crippen LogP) is 3.35. The molecule has 0 atom stereocenters. The highest BCUT2D eigenvalue weighted by molar-refractivity contribution is 14.0. The summed E-state index contributed by atoms with van der Waals surface area (Å²) >= 11 is 0. The molecule has 5 nitrogen and oxygen atoms in total. The van der Waals surface area contributed by atoms with E-state index in [1.54, 1.807) is 12.1 Å². The van der Waals surface area contributed by atoms with E-state index in [4.69, 9.17) is 4.74 Å². The minimum atomic E-state index is -4.40. The smallest absolute Gasteiger partial charge is 0.422 e. The zero-order chi connectivity index (χ0) is 17.3. The lowest BCUT2D eigenvalue weighted by atomic mass is 10.2. The molecule has 1 aromatic rings. The second kappa shape index (κ2) is 11.3. The number of hydrogen-bond acceptors (Lipinski definition) is 3. The van der Waals surface area contributed by atoms with Crippen molar-refractivity contribution in [1.29, 1.82) is 0 Å². The van der Waals surface area contributed by atoms with Gasteiger partial charge in [0.1, 0.15) is 0 Å². The van der Waals surface area contributed by atoms with Gasteiger partial charge in [0.25, 0.3) is 0 Å². The molecule has 1 aromatic heterocycles. The van der Waals surface area contributed by atoms with E-state index in [0.29, 0.717) is 24.0 Å². The minimum absolute atomic E-state index is 0. The van der Waals surface area contributed by atoms with Crippen LogP contribution in [0.1, 0.15) is 26.3 Å². The highest BCUT2D eigenvalue weighted by Gasteiger charge is 2.29. The lowest BCUT2D eigenvalue weighted by molar-refractivity contribution is -0.154. The number of aromatic nitrogens is 1. The fraction of sp³-hybridized carbons (Fsp3) is 0.600. The second-order valence-corrected chi connectivity index (χ2v) is 5.34. The largest absolute Gasteiger partial charge is 0.468 e. The summed E-state index contributed by atoms with van der Waals surface area (Å²) in [6, 6.07) is 3.29. The molecule has 0 aromatic carbocycles. The molecule has 0 amide bonds. The van der Waals surface area contributed by atoms with E-state index in [9.17, 15) is 13.2 Å². The Kier molecular flexibility index (Phi) is 10.7. The number of alkyl halides is 3. The number of nitrogens with one attached hydrogen (secondary N) is 2. The first-order chi connectivity index (χ1) is 10.8. The predicted molar refractivity (Wildman–Crippen MR) is 98.9 cm³/mol. The Morgan fingerprint density at radius 3 is 2.62 bits per heavy atom. The van der Waals surface area contributed by atoms with Crippen LogP contribution in [-0.2, 0) is 6.54 Å². The van der Waals surface area contributed by atoms with Crippen LogP contribution < -0.4 is 15.4 Å². The normalized spacial score (nSPS) is 11.9. The van der Waals surface area contributed by atoms with Gasteiger partial charge in [0.05, 0.1) is 6.54 Å². The Balaban J connectivity index is 0.00000529. The third-order valence-electron chi connectivity index (χ3n) is 2.65. The summed E-state index contributed by atoms with van der Waals surface area (Å²) in [4.78, 5) is 8.20. The Labute approximate surface area is 157 Å². The molecular formula is C15H24F3IN4O. The van der Waals surface area contributed by atoms with Crippen molar-refractivity contribution in [1.82, 2.24) is 15.6 Å². The van der Waals surface area contributed by atoms with Gasteiger partial charge in [-0.1, -0.05) is 19.9 Å². The Bertz CT molecular complexity index is 510. The van der Waals surface area contributed by atoms with Crippen molar-refractivity contribution in [3.63, 3.8) is 0 Å². The van der Waals surface area contributed by atoms with E-state index in [-0.39, 0.29) is 36.4 Å². The molecule has 24 heavy (non-hydrogen) atoms. The van der Waals surface area contributed by atoms with Crippen LogP contribution in [0.2, 0.25) is 0 Å². The molecular weight excluding hydrogens is 436 g/mol. The SMILES string of the molecule is CCNC(=NCc1cccnc1OCC(F)(F)F)NCC(C)C.I. The summed E-state index contributed by atoms with van der Waals surface area (Å²) in [5.41, 5.74) is 0.499. The van der Waals surface area contributed by atoms with Gasteiger partial charge in [-0.2, -0.15) is 13.2 Å². The standard InChI is InChI=1S/C15H23F3N4O.HI/c1-4-19-14(21-8-11(2)3)22-9-12-6-5-7-20-13(12)23-10-15(16,17)18;/h5-7,11H,4,8-10H2,1-3H3,(H2,19,21,22);1H. The van der Waals surface area contributed by atoms with Crippen LogP contribution >= 0.6 is 24.0 Å². The summed E-state index contributed by atoms with van der Waals surface area (Å²) in [5.74, 6) is 1.00. The van der Waals surface area contributed by atoms with Gasteiger partial charge in [0.2, 0.25) is 5.88 Å². The van der Waals surface area contributed by atoms with Crippen LogP contribution in [0.15, 0.2) is 23.3 Å². The molecule has 0 aliphatic rings. The maximum atomic E-state index is 12.3. The first kappa shape index (κ1) is 22.7. The molecule has 0 fully saturated rings. The van der Waals surface area contributed by atoms with E-state index in [2.05, 4.69) is 34.5 Å². The third-order valence-corrected chi connectivity index (χ3v) is 2.65. The molecule has 0 saturated carbocycles. The molecule has 1 rings (SSSR count). The molecule has 0 unspecified atom stereocenters. The van der Waals surface area contributed by atoms with Crippen molar-refractivity contribution in [3.8, 4) is 5.88 Å². The number of guanidine groups is 1. The van der Waals surface area contributed by atoms with E-state index in [0.717, 1.165) is 6.54 Å². The van der Waals surface area contributed by atoms with Gasteiger partial charge in [-0.15, -0.1) is 24.0 Å². The van der Waals surface area contributed by atoms with Gasteiger partial charge in [-0.3, -0.25) is 0 Å². The fourth-order valence-corrected chi connectivity index (χ4v) is 1.63. The van der Waals surface area contributed by atoms with E-state index in [1.807, 2.05) is 6.92 Å². The van der Waals surface area contributed by atoms with Crippen molar-refractivity contribution >= 4 is 29.9 Å². The van der Waals surface area contributed by atoms with Crippen LogP contribution in [0.3, 0.4) is 0 Å². The zero-order valence-electron chi connectivity index (χ0n) is 14.0. The van der Waals surface area contributed by atoms with Gasteiger partial charge >= 0.3 is 6.18 Å². The first-order valence-electron chi connectivity index (χ1n) is 7.47. The fourth-order valence-electron chi connectivity index (χ4n) is 1.63. The van der Waals surface area contributed by atoms with Gasteiger partial charge < -0.3 is 15.4 Å². The highest BCUT2D eigenvalue weighted by atomic mass is 127. The number of pyridine rings is 1. The Hall–Kier alpha value is -1.26. The lowest BCUT2D eigenvalue weighted by Crippen LogP contribution is -2.39. The average Bonchev–Trinajstić information content (AvgIpc) is 2.48. The molecule has 0 aliphatic carbocycles. The van der Waals surface area contributed by atoms with Gasteiger partial charge in [0, 0.05) is 24.8 Å². The van der Waals surface area contributed by atoms with Gasteiger partial charge in [-0.05, 0) is 18.9 Å². The summed E-state index contributed by atoms with van der Waals surface area (Å²) in [5, 5.41) is 6.25. The number of halogens is 4. The number of rotatable bonds is 7. The van der Waals surface area contributed by atoms with Crippen LogP contribution in [0.25, 0.3) is 0 Å². The van der Waals surface area contributed by atoms with Crippen molar-refractivity contribution < 1.29 is 17.9 Å². The second-order valence-electron chi connectivity index (χ2n) is 5.34. The molecule has 0 saturated heterocycles. The maximum absolute atomic E-state index is 12.3. The van der Waals surface area contributed by atoms with E-state index < -0.39 is 12.8 Å². The monoisotopic (exact) mass is 460 g/mol. The van der Waals surface area contributed by atoms with Gasteiger partial charge in [0.15, 0.2) is 12.6 Å². The van der Waals surface area contributed by atoms with E-state index in [1.165, 1.54) is 6.20 Å².